The topological polar surface area (TPSA) is 44.8 Å². The second kappa shape index (κ2) is 5.80. The molecule has 2 heterocycles. The highest BCUT2D eigenvalue weighted by Crippen LogP contribution is 2.18. The number of carbonyl (C=O) groups excluding carboxylic acids is 1. The smallest absolute Gasteiger partial charge is 0.236 e. The zero-order valence-electron chi connectivity index (χ0n) is 10.8. The van der Waals surface area contributed by atoms with E-state index in [1.54, 1.807) is 0 Å². The van der Waals surface area contributed by atoms with Gasteiger partial charge in [0.05, 0.1) is 12.6 Å². The quantitative estimate of drug-likeness (QED) is 0.725. The van der Waals surface area contributed by atoms with E-state index in [0.717, 1.165) is 39.2 Å². The molecule has 2 saturated heterocycles. The first-order chi connectivity index (χ1) is 8.18. The minimum Gasteiger partial charge on any atom is -0.377 e. The van der Waals surface area contributed by atoms with E-state index in [-0.39, 0.29) is 12.0 Å². The van der Waals surface area contributed by atoms with E-state index in [9.17, 15) is 4.79 Å². The number of ether oxygens (including phenoxy) is 1. The lowest BCUT2D eigenvalue weighted by atomic mass is 10.1. The largest absolute Gasteiger partial charge is 0.377 e. The van der Waals surface area contributed by atoms with Crippen molar-refractivity contribution in [2.75, 3.05) is 46.4 Å². The molecule has 0 aromatic rings. The van der Waals surface area contributed by atoms with Crippen LogP contribution in [0, 0.1) is 0 Å². The standard InChI is InChI=1S/C12H23N3O2/c1-10-11(3-8-17-10)14(2)9-12(16)15-6-4-13-5-7-15/h10-11,13H,3-9H2,1-2H3. The molecule has 0 radical (unpaired) electrons. The molecule has 2 rings (SSSR count). The molecule has 17 heavy (non-hydrogen) atoms. The van der Waals surface area contributed by atoms with E-state index < -0.39 is 0 Å². The normalized spacial score (nSPS) is 29.9. The minimum atomic E-state index is 0.244. The van der Waals surface area contributed by atoms with Gasteiger partial charge in [0.1, 0.15) is 0 Å². The Bertz CT molecular complexity index is 266. The van der Waals surface area contributed by atoms with Crippen LogP contribution in [0.5, 0.6) is 0 Å². The summed E-state index contributed by atoms with van der Waals surface area (Å²) < 4.78 is 5.54. The van der Waals surface area contributed by atoms with Crippen molar-refractivity contribution in [1.82, 2.24) is 15.1 Å². The fourth-order valence-electron chi connectivity index (χ4n) is 2.64. The molecule has 2 unspecified atom stereocenters. The van der Waals surface area contributed by atoms with E-state index in [1.165, 1.54) is 0 Å². The molecular weight excluding hydrogens is 218 g/mol. The number of nitrogens with one attached hydrogen (secondary N) is 1. The van der Waals surface area contributed by atoms with Crippen LogP contribution in [0.15, 0.2) is 0 Å². The lowest BCUT2D eigenvalue weighted by Crippen LogP contribution is -2.50. The molecule has 1 amide bonds. The van der Waals surface area contributed by atoms with Crippen molar-refractivity contribution < 1.29 is 9.53 Å². The first-order valence-electron chi connectivity index (χ1n) is 6.49. The summed E-state index contributed by atoms with van der Waals surface area (Å²) in [6, 6.07) is 0.391. The third-order valence-corrected chi connectivity index (χ3v) is 3.76. The predicted molar refractivity (Wildman–Crippen MR) is 65.9 cm³/mol. The van der Waals surface area contributed by atoms with Gasteiger partial charge in [-0.3, -0.25) is 9.69 Å². The summed E-state index contributed by atoms with van der Waals surface area (Å²) >= 11 is 0. The molecule has 5 nitrogen and oxygen atoms in total. The summed E-state index contributed by atoms with van der Waals surface area (Å²) in [7, 11) is 2.02. The summed E-state index contributed by atoms with van der Waals surface area (Å²) in [5.41, 5.74) is 0. The third-order valence-electron chi connectivity index (χ3n) is 3.76. The molecule has 5 heteroatoms. The van der Waals surface area contributed by atoms with Crippen LogP contribution in [0.25, 0.3) is 0 Å². The zero-order valence-corrected chi connectivity index (χ0v) is 10.8. The molecule has 2 fully saturated rings. The summed E-state index contributed by atoms with van der Waals surface area (Å²) in [6.07, 6.45) is 1.28. The van der Waals surface area contributed by atoms with Crippen molar-refractivity contribution in [3.05, 3.63) is 0 Å². The maximum atomic E-state index is 12.1. The Hall–Kier alpha value is -0.650. The lowest BCUT2D eigenvalue weighted by Gasteiger charge is -2.31. The van der Waals surface area contributed by atoms with E-state index in [4.69, 9.17) is 4.74 Å². The van der Waals surface area contributed by atoms with Gasteiger partial charge in [-0.15, -0.1) is 0 Å². The molecule has 2 aliphatic rings. The number of hydrogen-bond acceptors (Lipinski definition) is 4. The Kier molecular flexibility index (Phi) is 4.36. The molecule has 0 spiro atoms. The van der Waals surface area contributed by atoms with Gasteiger partial charge in [0.2, 0.25) is 5.91 Å². The number of carbonyl (C=O) groups is 1. The molecule has 0 saturated carbocycles. The van der Waals surface area contributed by atoms with Gasteiger partial charge in [-0.1, -0.05) is 0 Å². The van der Waals surface area contributed by atoms with Gasteiger partial charge in [0.15, 0.2) is 0 Å². The van der Waals surface area contributed by atoms with E-state index in [0.29, 0.717) is 12.6 Å². The number of rotatable bonds is 3. The fraction of sp³-hybridized carbons (Fsp3) is 0.917. The Balaban J connectivity index is 1.80. The van der Waals surface area contributed by atoms with E-state index in [2.05, 4.69) is 17.1 Å². The van der Waals surface area contributed by atoms with Gasteiger partial charge >= 0.3 is 0 Å². The second-order valence-electron chi connectivity index (χ2n) is 4.98. The van der Waals surface area contributed by atoms with Crippen molar-refractivity contribution in [3.63, 3.8) is 0 Å². The maximum Gasteiger partial charge on any atom is 0.236 e. The van der Waals surface area contributed by atoms with Gasteiger partial charge in [-0.2, -0.15) is 0 Å². The van der Waals surface area contributed by atoms with Gasteiger partial charge < -0.3 is 15.0 Å². The first kappa shape index (κ1) is 12.8. The molecule has 0 aliphatic carbocycles. The molecular formula is C12H23N3O2. The number of nitrogens with zero attached hydrogens (tertiary/aromatic N) is 2. The number of likely N-dealkylation sites (N-methyl/N-ethyl adjacent to an activating group) is 1. The highest BCUT2D eigenvalue weighted by Gasteiger charge is 2.29. The molecule has 1 N–H and O–H groups in total. The summed E-state index contributed by atoms with van der Waals surface area (Å²) in [4.78, 5) is 16.2. The van der Waals surface area contributed by atoms with Crippen LogP contribution in [0.2, 0.25) is 0 Å². The summed E-state index contributed by atoms with van der Waals surface area (Å²) in [5, 5.41) is 3.26. The average molecular weight is 241 g/mol. The summed E-state index contributed by atoms with van der Waals surface area (Å²) in [6.45, 7) is 6.92. The molecule has 98 valence electrons. The van der Waals surface area contributed by atoms with Gasteiger partial charge in [-0.05, 0) is 20.4 Å². The number of hydrogen-bond donors (Lipinski definition) is 1. The van der Waals surface area contributed by atoms with Crippen LogP contribution in [0.1, 0.15) is 13.3 Å². The second-order valence-corrected chi connectivity index (χ2v) is 4.98. The average Bonchev–Trinajstić information content (AvgIpc) is 2.76. The van der Waals surface area contributed by atoms with Crippen molar-refractivity contribution in [2.24, 2.45) is 0 Å². The Morgan fingerprint density at radius 1 is 1.47 bits per heavy atom. The molecule has 0 bridgehead atoms. The monoisotopic (exact) mass is 241 g/mol. The van der Waals surface area contributed by atoms with Crippen molar-refractivity contribution in [2.45, 2.75) is 25.5 Å². The molecule has 0 aromatic heterocycles. The number of piperazine rings is 1. The summed E-state index contributed by atoms with van der Waals surface area (Å²) in [5.74, 6) is 0.244. The first-order valence-corrected chi connectivity index (χ1v) is 6.49. The molecule has 0 aromatic carbocycles. The lowest BCUT2D eigenvalue weighted by molar-refractivity contribution is -0.133. The van der Waals surface area contributed by atoms with Crippen molar-refractivity contribution in [1.29, 1.82) is 0 Å². The Morgan fingerprint density at radius 3 is 2.76 bits per heavy atom. The van der Waals surface area contributed by atoms with E-state index in [1.807, 2.05) is 11.9 Å². The maximum absolute atomic E-state index is 12.1. The number of amides is 1. The van der Waals surface area contributed by atoms with Gasteiger partial charge in [-0.25, -0.2) is 0 Å². The Labute approximate surface area is 103 Å². The van der Waals surface area contributed by atoms with Crippen LogP contribution in [0.3, 0.4) is 0 Å². The fourth-order valence-corrected chi connectivity index (χ4v) is 2.64. The molecule has 2 atom stereocenters. The van der Waals surface area contributed by atoms with Crippen LogP contribution in [-0.2, 0) is 9.53 Å². The SMILES string of the molecule is CC1OCCC1N(C)CC(=O)N1CCNCC1. The van der Waals surface area contributed by atoms with Crippen molar-refractivity contribution in [3.8, 4) is 0 Å². The van der Waals surface area contributed by atoms with Crippen molar-refractivity contribution >= 4 is 5.91 Å². The van der Waals surface area contributed by atoms with Crippen LogP contribution in [-0.4, -0.2) is 74.2 Å². The third kappa shape index (κ3) is 3.18. The highest BCUT2D eigenvalue weighted by molar-refractivity contribution is 5.78. The molecule has 2 aliphatic heterocycles. The van der Waals surface area contributed by atoms with E-state index >= 15 is 0 Å². The predicted octanol–water partition coefficient (Wildman–Crippen LogP) is -0.473. The van der Waals surface area contributed by atoms with Gasteiger partial charge in [0, 0.05) is 38.8 Å². The highest BCUT2D eigenvalue weighted by atomic mass is 16.5. The van der Waals surface area contributed by atoms with Gasteiger partial charge in [0.25, 0.3) is 0 Å². The zero-order chi connectivity index (χ0) is 12.3. The van der Waals surface area contributed by atoms with Crippen LogP contribution in [0.4, 0.5) is 0 Å². The van der Waals surface area contributed by atoms with Crippen LogP contribution < -0.4 is 5.32 Å². The Morgan fingerprint density at radius 2 is 2.18 bits per heavy atom. The van der Waals surface area contributed by atoms with Crippen LogP contribution >= 0.6 is 0 Å². The minimum absolute atomic E-state index is 0.244.